The molecule has 2 aromatic rings. The van der Waals surface area contributed by atoms with Crippen molar-refractivity contribution in [2.24, 2.45) is 12.9 Å². The molecule has 3 N–H and O–H groups in total. The molecular formula is C12H14F3N5O. The number of halogens is 3. The van der Waals surface area contributed by atoms with Crippen molar-refractivity contribution in [1.29, 1.82) is 0 Å². The summed E-state index contributed by atoms with van der Waals surface area (Å²) in [5, 5.41) is 4.03. The van der Waals surface area contributed by atoms with Crippen molar-refractivity contribution in [3.05, 3.63) is 41.5 Å². The van der Waals surface area contributed by atoms with Crippen molar-refractivity contribution in [2.75, 3.05) is 7.11 Å². The van der Waals surface area contributed by atoms with Crippen LogP contribution in [0.15, 0.2) is 24.5 Å². The number of rotatable bonds is 4. The third-order valence-corrected chi connectivity index (χ3v) is 3.02. The van der Waals surface area contributed by atoms with Crippen molar-refractivity contribution in [2.45, 2.75) is 12.2 Å². The van der Waals surface area contributed by atoms with Crippen LogP contribution < -0.4 is 16.0 Å². The molecule has 0 spiro atoms. The van der Waals surface area contributed by atoms with Crippen LogP contribution in [0, 0.1) is 0 Å². The highest BCUT2D eigenvalue weighted by Crippen LogP contribution is 2.31. The zero-order chi connectivity index (χ0) is 15.6. The highest BCUT2D eigenvalue weighted by molar-refractivity contribution is 5.34. The molecule has 0 aliphatic heterocycles. The Kier molecular flexibility index (Phi) is 4.14. The molecule has 114 valence electrons. The third-order valence-electron chi connectivity index (χ3n) is 3.02. The van der Waals surface area contributed by atoms with Gasteiger partial charge in [0.2, 0.25) is 0 Å². The van der Waals surface area contributed by atoms with Crippen LogP contribution in [-0.2, 0) is 13.2 Å². The molecule has 2 aromatic heterocycles. The largest absolute Gasteiger partial charge is 0.493 e. The number of nitrogens with zero attached hydrogens (tertiary/aromatic N) is 3. The summed E-state index contributed by atoms with van der Waals surface area (Å²) in [6.45, 7) is 0. The molecule has 1 unspecified atom stereocenters. The van der Waals surface area contributed by atoms with Crippen LogP contribution in [0.5, 0.6) is 5.75 Å². The molecule has 0 aliphatic rings. The lowest BCUT2D eigenvalue weighted by Crippen LogP contribution is -2.31. The van der Waals surface area contributed by atoms with Gasteiger partial charge >= 0.3 is 6.18 Å². The predicted octanol–water partition coefficient (Wildman–Crippen LogP) is 1.40. The molecule has 9 heteroatoms. The van der Waals surface area contributed by atoms with Gasteiger partial charge in [-0.25, -0.2) is 5.43 Å². The van der Waals surface area contributed by atoms with E-state index in [0.29, 0.717) is 17.1 Å². The summed E-state index contributed by atoms with van der Waals surface area (Å²) in [7, 11) is 3.14. The molecule has 2 rings (SSSR count). The minimum absolute atomic E-state index is 0.326. The fraction of sp³-hybridized carbons (Fsp3) is 0.333. The van der Waals surface area contributed by atoms with Crippen LogP contribution >= 0.6 is 0 Å². The smallest absolute Gasteiger partial charge is 0.417 e. The van der Waals surface area contributed by atoms with E-state index in [0.717, 1.165) is 12.3 Å². The number of hydrazine groups is 1. The van der Waals surface area contributed by atoms with Gasteiger partial charge in [-0.3, -0.25) is 15.5 Å². The SMILES string of the molecule is COc1cnn(C)c1C(NN)c1ccc(C(F)(F)F)cn1. The Labute approximate surface area is 118 Å². The number of alkyl halides is 3. The van der Waals surface area contributed by atoms with Crippen molar-refractivity contribution in [3.63, 3.8) is 0 Å². The second-order valence-corrected chi connectivity index (χ2v) is 4.29. The van der Waals surface area contributed by atoms with Crippen LogP contribution in [0.2, 0.25) is 0 Å². The van der Waals surface area contributed by atoms with Gasteiger partial charge in [-0.2, -0.15) is 18.3 Å². The summed E-state index contributed by atoms with van der Waals surface area (Å²) in [6, 6.07) is 1.57. The first-order valence-electron chi connectivity index (χ1n) is 5.93. The van der Waals surface area contributed by atoms with Crippen molar-refractivity contribution in [3.8, 4) is 5.75 Å². The maximum absolute atomic E-state index is 12.5. The molecule has 0 radical (unpaired) electrons. The number of nitrogens with one attached hydrogen (secondary N) is 1. The van der Waals surface area contributed by atoms with E-state index in [4.69, 9.17) is 10.6 Å². The Morgan fingerprint density at radius 2 is 2.05 bits per heavy atom. The number of methoxy groups -OCH3 is 1. The summed E-state index contributed by atoms with van der Waals surface area (Å²) in [5.41, 5.74) is 2.58. The van der Waals surface area contributed by atoms with Crippen molar-refractivity contribution >= 4 is 0 Å². The summed E-state index contributed by atoms with van der Waals surface area (Å²) in [6.07, 6.45) is -2.17. The van der Waals surface area contributed by atoms with Gasteiger partial charge in [-0.05, 0) is 12.1 Å². The fourth-order valence-corrected chi connectivity index (χ4v) is 1.96. The maximum Gasteiger partial charge on any atom is 0.417 e. The molecule has 0 aliphatic carbocycles. The van der Waals surface area contributed by atoms with E-state index < -0.39 is 17.8 Å². The average molecular weight is 301 g/mol. The molecule has 21 heavy (non-hydrogen) atoms. The lowest BCUT2D eigenvalue weighted by atomic mass is 10.1. The standard InChI is InChI=1S/C12H14F3N5O/c1-20-11(9(21-2)6-18-20)10(19-16)8-4-3-7(5-17-8)12(13,14)15/h3-6,10,19H,16H2,1-2H3. The van der Waals surface area contributed by atoms with Crippen molar-refractivity contribution in [1.82, 2.24) is 20.2 Å². The molecule has 0 saturated carbocycles. The van der Waals surface area contributed by atoms with Gasteiger partial charge in [0.05, 0.1) is 24.6 Å². The van der Waals surface area contributed by atoms with E-state index in [9.17, 15) is 13.2 Å². The Balaban J connectivity index is 2.40. The maximum atomic E-state index is 12.5. The fourth-order valence-electron chi connectivity index (χ4n) is 1.96. The lowest BCUT2D eigenvalue weighted by Gasteiger charge is -2.17. The topological polar surface area (TPSA) is 78.0 Å². The molecule has 0 bridgehead atoms. The lowest BCUT2D eigenvalue weighted by molar-refractivity contribution is -0.137. The summed E-state index contributed by atoms with van der Waals surface area (Å²) >= 11 is 0. The molecule has 6 nitrogen and oxygen atoms in total. The second kappa shape index (κ2) is 5.70. The normalized spacial score (nSPS) is 13.2. The van der Waals surface area contributed by atoms with Gasteiger partial charge in [0, 0.05) is 13.2 Å². The zero-order valence-corrected chi connectivity index (χ0v) is 11.3. The van der Waals surface area contributed by atoms with Gasteiger partial charge in [-0.15, -0.1) is 0 Å². The van der Waals surface area contributed by atoms with Gasteiger partial charge < -0.3 is 4.74 Å². The minimum Gasteiger partial charge on any atom is -0.493 e. The Hall–Kier alpha value is -2.13. The van der Waals surface area contributed by atoms with E-state index >= 15 is 0 Å². The second-order valence-electron chi connectivity index (χ2n) is 4.29. The highest BCUT2D eigenvalue weighted by Gasteiger charge is 2.31. The van der Waals surface area contributed by atoms with E-state index in [1.165, 1.54) is 24.1 Å². The van der Waals surface area contributed by atoms with Gasteiger partial charge in [0.1, 0.15) is 11.7 Å². The van der Waals surface area contributed by atoms with Crippen LogP contribution in [-0.4, -0.2) is 21.9 Å². The number of hydrogen-bond donors (Lipinski definition) is 2. The molecular weight excluding hydrogens is 287 g/mol. The van der Waals surface area contributed by atoms with Crippen LogP contribution in [0.1, 0.15) is 23.0 Å². The van der Waals surface area contributed by atoms with Gasteiger partial charge in [0.25, 0.3) is 0 Å². The number of aryl methyl sites for hydroxylation is 1. The summed E-state index contributed by atoms with van der Waals surface area (Å²) < 4.78 is 44.3. The number of nitrogens with two attached hydrogens (primary N) is 1. The van der Waals surface area contributed by atoms with E-state index in [1.807, 2.05) is 0 Å². The minimum atomic E-state index is -4.43. The summed E-state index contributed by atoms with van der Waals surface area (Å²) in [4.78, 5) is 3.83. The van der Waals surface area contributed by atoms with E-state index in [-0.39, 0.29) is 0 Å². The molecule has 2 heterocycles. The quantitative estimate of drug-likeness (QED) is 0.659. The first-order valence-corrected chi connectivity index (χ1v) is 5.93. The number of pyridine rings is 1. The Bertz CT molecular complexity index is 608. The molecule has 1 atom stereocenters. The first-order chi connectivity index (χ1) is 9.88. The monoisotopic (exact) mass is 301 g/mol. The number of hydrogen-bond acceptors (Lipinski definition) is 5. The highest BCUT2D eigenvalue weighted by atomic mass is 19.4. The van der Waals surface area contributed by atoms with E-state index in [1.54, 1.807) is 7.05 Å². The van der Waals surface area contributed by atoms with E-state index in [2.05, 4.69) is 15.5 Å². The average Bonchev–Trinajstić information content (AvgIpc) is 2.81. The third kappa shape index (κ3) is 2.98. The zero-order valence-electron chi connectivity index (χ0n) is 11.3. The number of ether oxygens (including phenoxy) is 1. The Morgan fingerprint density at radius 3 is 2.52 bits per heavy atom. The van der Waals surface area contributed by atoms with Crippen LogP contribution in [0.3, 0.4) is 0 Å². The van der Waals surface area contributed by atoms with Gasteiger partial charge in [-0.1, -0.05) is 0 Å². The predicted molar refractivity (Wildman–Crippen MR) is 68.2 cm³/mol. The molecule has 0 amide bonds. The van der Waals surface area contributed by atoms with Crippen LogP contribution in [0.25, 0.3) is 0 Å². The van der Waals surface area contributed by atoms with Crippen molar-refractivity contribution < 1.29 is 17.9 Å². The number of aromatic nitrogens is 3. The summed E-state index contributed by atoms with van der Waals surface area (Å²) in [5.74, 6) is 5.96. The van der Waals surface area contributed by atoms with Gasteiger partial charge in [0.15, 0.2) is 5.75 Å². The van der Waals surface area contributed by atoms with Crippen LogP contribution in [0.4, 0.5) is 13.2 Å². The first kappa shape index (κ1) is 15.3. The molecule has 0 saturated heterocycles. The Morgan fingerprint density at radius 1 is 1.33 bits per heavy atom. The molecule has 0 fully saturated rings. The molecule has 0 aromatic carbocycles.